The minimum atomic E-state index is -0.776. The van der Waals surface area contributed by atoms with E-state index < -0.39 is 12.0 Å². The molecule has 0 aliphatic heterocycles. The monoisotopic (exact) mass is 306 g/mol. The highest BCUT2D eigenvalue weighted by Gasteiger charge is 2.25. The van der Waals surface area contributed by atoms with Gasteiger partial charge in [-0.25, -0.2) is 9.97 Å². The lowest BCUT2D eigenvalue weighted by Crippen LogP contribution is -2.21. The Balaban J connectivity index is 1.93. The zero-order valence-electron chi connectivity index (χ0n) is 12.8. The van der Waals surface area contributed by atoms with Crippen molar-refractivity contribution in [2.45, 2.75) is 13.0 Å². The van der Waals surface area contributed by atoms with Crippen molar-refractivity contribution < 1.29 is 5.11 Å². The van der Waals surface area contributed by atoms with Crippen molar-refractivity contribution in [3.63, 3.8) is 0 Å². The summed E-state index contributed by atoms with van der Waals surface area (Å²) in [5.41, 5.74) is 9.42. The molecule has 1 aliphatic rings. The molecule has 0 radical (unpaired) electrons. The summed E-state index contributed by atoms with van der Waals surface area (Å²) in [4.78, 5) is 8.08. The van der Waals surface area contributed by atoms with Crippen LogP contribution in [0.5, 0.6) is 0 Å². The molecule has 5 nitrogen and oxygen atoms in total. The van der Waals surface area contributed by atoms with Gasteiger partial charge in [-0.05, 0) is 30.2 Å². The highest BCUT2D eigenvalue weighted by atomic mass is 16.3. The lowest BCUT2D eigenvalue weighted by molar-refractivity contribution is 0.158. The summed E-state index contributed by atoms with van der Waals surface area (Å²) in [5, 5.41) is 18.8. The van der Waals surface area contributed by atoms with Gasteiger partial charge in [-0.2, -0.15) is 0 Å². The fourth-order valence-electron chi connectivity index (χ4n) is 2.57. The van der Waals surface area contributed by atoms with Crippen LogP contribution in [-0.4, -0.2) is 20.8 Å². The van der Waals surface area contributed by atoms with Gasteiger partial charge in [-0.1, -0.05) is 42.0 Å². The van der Waals surface area contributed by atoms with Gasteiger partial charge in [0, 0.05) is 17.8 Å². The van der Waals surface area contributed by atoms with Crippen LogP contribution < -0.4 is 5.73 Å². The third kappa shape index (κ3) is 3.19. The van der Waals surface area contributed by atoms with E-state index in [4.69, 9.17) is 11.1 Å². The van der Waals surface area contributed by atoms with Crippen molar-refractivity contribution >= 4 is 17.2 Å². The maximum absolute atomic E-state index is 10.6. The number of aliphatic hydroxyl groups is 1. The van der Waals surface area contributed by atoms with Gasteiger partial charge in [0.25, 0.3) is 0 Å². The van der Waals surface area contributed by atoms with E-state index in [1.54, 1.807) is 18.3 Å². The Morgan fingerprint density at radius 1 is 1.17 bits per heavy atom. The highest BCUT2D eigenvalue weighted by molar-refractivity contribution is 6.01. The smallest absolute Gasteiger partial charge is 0.220 e. The number of hydrogen-bond acceptors (Lipinski definition) is 5. The molecule has 1 aliphatic carbocycles. The number of hydrogen-bond donors (Lipinski definition) is 3. The zero-order chi connectivity index (χ0) is 16.4. The number of rotatable bonds is 3. The molecule has 0 bridgehead atoms. The van der Waals surface area contributed by atoms with Crippen LogP contribution in [0, 0.1) is 18.3 Å². The summed E-state index contributed by atoms with van der Waals surface area (Å²) < 4.78 is 0. The van der Waals surface area contributed by atoms with E-state index >= 15 is 0 Å². The van der Waals surface area contributed by atoms with Crippen LogP contribution in [0.4, 0.5) is 5.95 Å². The number of nitrogen functional groups attached to an aromatic ring is 1. The summed E-state index contributed by atoms with van der Waals surface area (Å²) in [6, 6.07) is 9.45. The summed E-state index contributed by atoms with van der Waals surface area (Å²) in [6.07, 6.45) is 6.17. The molecule has 3 rings (SSSR count). The second kappa shape index (κ2) is 6.14. The number of aliphatic hydroxyl groups excluding tert-OH is 1. The van der Waals surface area contributed by atoms with Gasteiger partial charge in [-0.15, -0.1) is 0 Å². The molecule has 23 heavy (non-hydrogen) atoms. The topological polar surface area (TPSA) is 95.9 Å². The minimum absolute atomic E-state index is 0.202. The molecule has 2 aromatic rings. The number of allylic oxidation sites excluding steroid dienone is 3. The van der Waals surface area contributed by atoms with E-state index in [1.165, 1.54) is 0 Å². The van der Waals surface area contributed by atoms with Crippen LogP contribution in [0.2, 0.25) is 0 Å². The standard InChI is InChI=1S/C18H18N4O/c1-11-2-4-12(5-3-11)17(23)14-10-13(6-7-15(14)19)16-8-9-21-18(20)22-16/h2-10,14,17,19,23H,1H3,(H2,20,21,22). The Morgan fingerprint density at radius 3 is 2.61 bits per heavy atom. The van der Waals surface area contributed by atoms with Crippen LogP contribution in [0.3, 0.4) is 0 Å². The zero-order valence-corrected chi connectivity index (χ0v) is 12.8. The van der Waals surface area contributed by atoms with Gasteiger partial charge >= 0.3 is 0 Å². The van der Waals surface area contributed by atoms with Gasteiger partial charge in [0.15, 0.2) is 0 Å². The quantitative estimate of drug-likeness (QED) is 0.812. The van der Waals surface area contributed by atoms with Crippen molar-refractivity contribution in [1.82, 2.24) is 9.97 Å². The normalized spacial score (nSPS) is 18.6. The Bertz CT molecular complexity index is 793. The summed E-state index contributed by atoms with van der Waals surface area (Å²) in [6.45, 7) is 2.00. The molecule has 0 amide bonds. The first kappa shape index (κ1) is 15.1. The summed E-state index contributed by atoms with van der Waals surface area (Å²) >= 11 is 0. The molecule has 1 aromatic carbocycles. The van der Waals surface area contributed by atoms with Crippen molar-refractivity contribution in [2.75, 3.05) is 5.73 Å². The number of aryl methyl sites for hydroxylation is 1. The molecular weight excluding hydrogens is 288 g/mol. The largest absolute Gasteiger partial charge is 0.387 e. The Labute approximate surface area is 134 Å². The first-order chi connectivity index (χ1) is 11.0. The van der Waals surface area contributed by atoms with Crippen LogP contribution in [0.25, 0.3) is 5.57 Å². The van der Waals surface area contributed by atoms with Crippen molar-refractivity contribution in [3.8, 4) is 0 Å². The third-order valence-electron chi connectivity index (χ3n) is 3.89. The predicted molar refractivity (Wildman–Crippen MR) is 90.9 cm³/mol. The first-order valence-corrected chi connectivity index (χ1v) is 7.36. The highest BCUT2D eigenvalue weighted by Crippen LogP contribution is 2.31. The number of nitrogens with one attached hydrogen (secondary N) is 1. The van der Waals surface area contributed by atoms with Crippen molar-refractivity contribution in [1.29, 1.82) is 5.41 Å². The minimum Gasteiger partial charge on any atom is -0.387 e. The average molecular weight is 306 g/mol. The summed E-state index contributed by atoms with van der Waals surface area (Å²) in [7, 11) is 0. The van der Waals surface area contributed by atoms with E-state index in [2.05, 4.69) is 9.97 Å². The molecule has 1 heterocycles. The average Bonchev–Trinajstić information content (AvgIpc) is 2.55. The Hall–Kier alpha value is -2.79. The van der Waals surface area contributed by atoms with E-state index in [0.29, 0.717) is 11.4 Å². The molecular formula is C18H18N4O. The number of nitrogens with two attached hydrogens (primary N) is 1. The fraction of sp³-hybridized carbons (Fsp3) is 0.167. The van der Waals surface area contributed by atoms with E-state index in [1.807, 2.05) is 43.3 Å². The van der Waals surface area contributed by atoms with Crippen molar-refractivity contribution in [3.05, 3.63) is 71.6 Å². The number of anilines is 1. The van der Waals surface area contributed by atoms with Crippen molar-refractivity contribution in [2.24, 2.45) is 5.92 Å². The predicted octanol–water partition coefficient (Wildman–Crippen LogP) is 2.69. The lowest BCUT2D eigenvalue weighted by Gasteiger charge is -2.23. The summed E-state index contributed by atoms with van der Waals surface area (Å²) in [5.74, 6) is -0.220. The SMILES string of the molecule is Cc1ccc(C(O)C2C=C(c3ccnc(N)n3)C=CC2=N)cc1. The van der Waals surface area contributed by atoms with Crippen LogP contribution >= 0.6 is 0 Å². The van der Waals surface area contributed by atoms with E-state index in [0.717, 1.165) is 16.7 Å². The Kier molecular flexibility index (Phi) is 4.04. The van der Waals surface area contributed by atoms with E-state index in [9.17, 15) is 5.11 Å². The van der Waals surface area contributed by atoms with Crippen LogP contribution in [0.1, 0.15) is 22.9 Å². The molecule has 1 aromatic heterocycles. The molecule has 4 N–H and O–H groups in total. The maximum atomic E-state index is 10.6. The Morgan fingerprint density at radius 2 is 1.91 bits per heavy atom. The molecule has 5 heteroatoms. The van der Waals surface area contributed by atoms with Crippen LogP contribution in [0.15, 0.2) is 54.8 Å². The molecule has 2 atom stereocenters. The second-order valence-corrected chi connectivity index (χ2v) is 5.59. The number of benzene rings is 1. The maximum Gasteiger partial charge on any atom is 0.220 e. The lowest BCUT2D eigenvalue weighted by atomic mass is 9.85. The molecule has 0 saturated carbocycles. The third-order valence-corrected chi connectivity index (χ3v) is 3.89. The van der Waals surface area contributed by atoms with Gasteiger partial charge in [-0.3, -0.25) is 0 Å². The molecule has 0 fully saturated rings. The van der Waals surface area contributed by atoms with Gasteiger partial charge < -0.3 is 16.2 Å². The van der Waals surface area contributed by atoms with Gasteiger partial charge in [0.1, 0.15) is 0 Å². The molecule has 0 spiro atoms. The molecule has 116 valence electrons. The number of aromatic nitrogens is 2. The fourth-order valence-corrected chi connectivity index (χ4v) is 2.57. The van der Waals surface area contributed by atoms with Crippen LogP contribution in [-0.2, 0) is 0 Å². The first-order valence-electron chi connectivity index (χ1n) is 7.36. The molecule has 0 saturated heterocycles. The number of nitrogens with zero attached hydrogens (tertiary/aromatic N) is 2. The van der Waals surface area contributed by atoms with Gasteiger partial charge in [0.05, 0.1) is 11.8 Å². The second-order valence-electron chi connectivity index (χ2n) is 5.59. The van der Waals surface area contributed by atoms with Gasteiger partial charge in [0.2, 0.25) is 5.95 Å². The molecule has 2 unspecified atom stereocenters. The van der Waals surface area contributed by atoms with E-state index in [-0.39, 0.29) is 5.95 Å².